The highest BCUT2D eigenvalue weighted by Crippen LogP contribution is 2.19. The quantitative estimate of drug-likeness (QED) is 0.678. The third-order valence-electron chi connectivity index (χ3n) is 4.17. The number of sulfonamides is 1. The van der Waals surface area contributed by atoms with Crippen molar-refractivity contribution in [2.24, 2.45) is 0 Å². The Morgan fingerprint density at radius 1 is 0.885 bits per heavy atom. The average molecular weight is 369 g/mol. The van der Waals surface area contributed by atoms with Crippen molar-refractivity contribution >= 4 is 20.8 Å². The number of benzene rings is 3. The SMILES string of the molecule is CC(C)OCc1ccccc1CNS(=O)(=O)c1ccc2ccccc2c1. The molecule has 4 nitrogen and oxygen atoms in total. The molecule has 3 aromatic rings. The van der Waals surface area contributed by atoms with E-state index in [2.05, 4.69) is 4.72 Å². The molecule has 1 N–H and O–H groups in total. The van der Waals surface area contributed by atoms with Crippen molar-refractivity contribution in [2.45, 2.75) is 38.0 Å². The van der Waals surface area contributed by atoms with E-state index in [1.54, 1.807) is 12.1 Å². The summed E-state index contributed by atoms with van der Waals surface area (Å²) in [6, 6.07) is 20.6. The Labute approximate surface area is 154 Å². The number of nitrogens with one attached hydrogen (secondary N) is 1. The molecule has 0 amide bonds. The highest BCUT2D eigenvalue weighted by molar-refractivity contribution is 7.89. The van der Waals surface area contributed by atoms with Gasteiger partial charge in [0.2, 0.25) is 10.0 Å². The second-order valence-electron chi connectivity index (χ2n) is 6.46. The minimum atomic E-state index is -3.59. The van der Waals surface area contributed by atoms with E-state index in [0.717, 1.165) is 21.9 Å². The van der Waals surface area contributed by atoms with E-state index in [4.69, 9.17) is 4.74 Å². The van der Waals surface area contributed by atoms with Crippen LogP contribution >= 0.6 is 0 Å². The molecule has 0 fully saturated rings. The lowest BCUT2D eigenvalue weighted by atomic mass is 10.1. The van der Waals surface area contributed by atoms with Crippen molar-refractivity contribution in [3.63, 3.8) is 0 Å². The Morgan fingerprint density at radius 3 is 2.27 bits per heavy atom. The van der Waals surface area contributed by atoms with Gasteiger partial charge in [-0.05, 0) is 47.9 Å². The summed E-state index contributed by atoms with van der Waals surface area (Å²) in [6.45, 7) is 4.65. The van der Waals surface area contributed by atoms with Crippen LogP contribution in [0.4, 0.5) is 0 Å². The van der Waals surface area contributed by atoms with Gasteiger partial charge in [0.25, 0.3) is 0 Å². The zero-order chi connectivity index (χ0) is 18.6. The second-order valence-corrected chi connectivity index (χ2v) is 8.23. The van der Waals surface area contributed by atoms with Crippen LogP contribution in [0, 0.1) is 0 Å². The van der Waals surface area contributed by atoms with Crippen LogP contribution in [0.1, 0.15) is 25.0 Å². The maximum atomic E-state index is 12.7. The van der Waals surface area contributed by atoms with Crippen molar-refractivity contribution in [2.75, 3.05) is 0 Å². The summed E-state index contributed by atoms with van der Waals surface area (Å²) < 4.78 is 33.7. The number of rotatable bonds is 7. The summed E-state index contributed by atoms with van der Waals surface area (Å²) in [5, 5.41) is 1.92. The molecule has 0 aromatic heterocycles. The number of hydrogen-bond acceptors (Lipinski definition) is 3. The smallest absolute Gasteiger partial charge is 0.240 e. The molecular formula is C21H23NO3S. The van der Waals surface area contributed by atoms with Crippen molar-refractivity contribution in [3.8, 4) is 0 Å². The first kappa shape index (κ1) is 18.6. The molecule has 0 aliphatic heterocycles. The van der Waals surface area contributed by atoms with Crippen LogP contribution in [0.5, 0.6) is 0 Å². The Kier molecular flexibility index (Phi) is 5.71. The van der Waals surface area contributed by atoms with Crippen LogP contribution in [0.15, 0.2) is 71.6 Å². The minimum Gasteiger partial charge on any atom is -0.374 e. The van der Waals surface area contributed by atoms with E-state index in [1.807, 2.05) is 68.4 Å². The minimum absolute atomic E-state index is 0.123. The van der Waals surface area contributed by atoms with Crippen LogP contribution in [-0.4, -0.2) is 14.5 Å². The van der Waals surface area contributed by atoms with Crippen molar-refractivity contribution in [3.05, 3.63) is 77.9 Å². The fourth-order valence-corrected chi connectivity index (χ4v) is 3.76. The summed E-state index contributed by atoms with van der Waals surface area (Å²) in [5.41, 5.74) is 1.90. The van der Waals surface area contributed by atoms with Gasteiger partial charge in [-0.2, -0.15) is 0 Å². The third-order valence-corrected chi connectivity index (χ3v) is 5.57. The standard InChI is InChI=1S/C21H23NO3S/c1-16(2)25-15-20-10-6-5-9-19(20)14-22-26(23,24)21-12-11-17-7-3-4-8-18(17)13-21/h3-13,16,22H,14-15H2,1-2H3. The summed E-state index contributed by atoms with van der Waals surface area (Å²) in [6.07, 6.45) is 0.123. The molecule has 0 atom stereocenters. The largest absolute Gasteiger partial charge is 0.374 e. The zero-order valence-electron chi connectivity index (χ0n) is 15.0. The van der Waals surface area contributed by atoms with Gasteiger partial charge in [0.15, 0.2) is 0 Å². The molecule has 3 rings (SSSR count). The van der Waals surface area contributed by atoms with Gasteiger partial charge >= 0.3 is 0 Å². The lowest BCUT2D eigenvalue weighted by molar-refractivity contribution is 0.0652. The van der Waals surface area contributed by atoms with Crippen LogP contribution in [0.25, 0.3) is 10.8 Å². The van der Waals surface area contributed by atoms with Gasteiger partial charge in [0.1, 0.15) is 0 Å². The highest BCUT2D eigenvalue weighted by Gasteiger charge is 2.15. The lowest BCUT2D eigenvalue weighted by Gasteiger charge is -2.13. The molecule has 0 aliphatic rings. The van der Waals surface area contributed by atoms with Crippen molar-refractivity contribution < 1.29 is 13.2 Å². The summed E-state index contributed by atoms with van der Waals surface area (Å²) in [7, 11) is -3.59. The first-order valence-corrected chi connectivity index (χ1v) is 10.1. The summed E-state index contributed by atoms with van der Waals surface area (Å²) >= 11 is 0. The van der Waals surface area contributed by atoms with Gasteiger partial charge in [-0.15, -0.1) is 0 Å². The highest BCUT2D eigenvalue weighted by atomic mass is 32.2. The summed E-state index contributed by atoms with van der Waals surface area (Å²) in [5.74, 6) is 0. The van der Waals surface area contributed by atoms with Crippen LogP contribution in [0.2, 0.25) is 0 Å². The predicted molar refractivity (Wildman–Crippen MR) is 104 cm³/mol. The maximum Gasteiger partial charge on any atom is 0.240 e. The Morgan fingerprint density at radius 2 is 1.54 bits per heavy atom. The summed E-state index contributed by atoms with van der Waals surface area (Å²) in [4.78, 5) is 0.270. The lowest BCUT2D eigenvalue weighted by Crippen LogP contribution is -2.24. The van der Waals surface area contributed by atoms with E-state index in [0.29, 0.717) is 6.61 Å². The van der Waals surface area contributed by atoms with Crippen LogP contribution in [0.3, 0.4) is 0 Å². The van der Waals surface area contributed by atoms with E-state index in [-0.39, 0.29) is 17.5 Å². The molecular weight excluding hydrogens is 346 g/mol. The van der Waals surface area contributed by atoms with E-state index in [1.165, 1.54) is 0 Å². The molecule has 0 saturated carbocycles. The molecule has 5 heteroatoms. The molecule has 0 radical (unpaired) electrons. The van der Waals surface area contributed by atoms with E-state index >= 15 is 0 Å². The molecule has 0 aliphatic carbocycles. The first-order valence-electron chi connectivity index (χ1n) is 8.62. The van der Waals surface area contributed by atoms with Gasteiger partial charge in [-0.3, -0.25) is 0 Å². The number of ether oxygens (including phenoxy) is 1. The van der Waals surface area contributed by atoms with Gasteiger partial charge in [-0.25, -0.2) is 13.1 Å². The van der Waals surface area contributed by atoms with E-state index < -0.39 is 10.0 Å². The zero-order valence-corrected chi connectivity index (χ0v) is 15.8. The van der Waals surface area contributed by atoms with Crippen molar-refractivity contribution in [1.29, 1.82) is 0 Å². The molecule has 26 heavy (non-hydrogen) atoms. The predicted octanol–water partition coefficient (Wildman–Crippen LogP) is 4.24. The molecule has 0 spiro atoms. The number of fused-ring (bicyclic) bond motifs is 1. The molecule has 136 valence electrons. The molecule has 3 aromatic carbocycles. The topological polar surface area (TPSA) is 55.4 Å². The Balaban J connectivity index is 1.77. The molecule has 0 bridgehead atoms. The van der Waals surface area contributed by atoms with Crippen molar-refractivity contribution in [1.82, 2.24) is 4.72 Å². The molecule has 0 saturated heterocycles. The van der Waals surface area contributed by atoms with Gasteiger partial charge in [0.05, 0.1) is 17.6 Å². The molecule has 0 heterocycles. The number of hydrogen-bond donors (Lipinski definition) is 1. The van der Waals surface area contributed by atoms with Crippen LogP contribution < -0.4 is 4.72 Å². The normalized spacial score (nSPS) is 12.0. The fraction of sp³-hybridized carbons (Fsp3) is 0.238. The molecule has 0 unspecified atom stereocenters. The van der Waals surface area contributed by atoms with Crippen LogP contribution in [-0.2, 0) is 27.9 Å². The third kappa shape index (κ3) is 4.49. The average Bonchev–Trinajstić information content (AvgIpc) is 2.65. The fourth-order valence-electron chi connectivity index (χ4n) is 2.72. The van der Waals surface area contributed by atoms with E-state index in [9.17, 15) is 8.42 Å². The maximum absolute atomic E-state index is 12.7. The second kappa shape index (κ2) is 7.99. The monoisotopic (exact) mass is 369 g/mol. The van der Waals surface area contributed by atoms with Gasteiger partial charge in [0, 0.05) is 6.54 Å². The van der Waals surface area contributed by atoms with Gasteiger partial charge in [-0.1, -0.05) is 54.6 Å². The van der Waals surface area contributed by atoms with Gasteiger partial charge < -0.3 is 4.74 Å². The Bertz CT molecular complexity index is 997. The first-order chi connectivity index (χ1) is 12.5. The Hall–Kier alpha value is -2.21.